The molecule has 0 amide bonds. The quantitative estimate of drug-likeness (QED) is 0.725. The molecule has 0 bridgehead atoms. The van der Waals surface area contributed by atoms with E-state index in [0.717, 1.165) is 0 Å². The molecule has 1 fully saturated rings. The molecule has 3 aliphatic carbocycles. The number of ketones is 2. The van der Waals surface area contributed by atoms with Crippen LogP contribution in [0.2, 0.25) is 0 Å². The Bertz CT molecular complexity index is 1130. The molecule has 1 spiro atoms. The van der Waals surface area contributed by atoms with E-state index in [2.05, 4.69) is 0 Å². The Labute approximate surface area is 177 Å². The number of aliphatic hydroxyl groups excluding tert-OH is 1. The monoisotopic (exact) mass is 430 g/mol. The van der Waals surface area contributed by atoms with Crippen molar-refractivity contribution in [2.24, 2.45) is 5.41 Å². The number of hydrogen-bond acceptors (Lipinski definition) is 9. The summed E-state index contributed by atoms with van der Waals surface area (Å²) in [5.41, 5.74) is -4.99. The molecule has 0 unspecified atom stereocenters. The second-order valence-corrected chi connectivity index (χ2v) is 8.35. The number of carbonyl (C=O) groups excluding carboxylic acids is 2. The highest BCUT2D eigenvalue weighted by molar-refractivity contribution is 6.23. The van der Waals surface area contributed by atoms with E-state index < -0.39 is 34.1 Å². The molecule has 1 aromatic carbocycles. The van der Waals surface area contributed by atoms with Gasteiger partial charge in [0.05, 0.1) is 32.8 Å². The average molecular weight is 430 g/mol. The van der Waals surface area contributed by atoms with Crippen molar-refractivity contribution in [1.29, 1.82) is 0 Å². The maximum atomic E-state index is 14.1. The lowest BCUT2D eigenvalue weighted by Crippen LogP contribution is -2.56. The summed E-state index contributed by atoms with van der Waals surface area (Å²) in [4.78, 5) is 27.6. The zero-order valence-corrected chi connectivity index (χ0v) is 17.7. The molecule has 1 heterocycles. The Hall–Kier alpha value is -3.04. The van der Waals surface area contributed by atoms with E-state index in [9.17, 15) is 19.8 Å². The molecule has 31 heavy (non-hydrogen) atoms. The lowest BCUT2D eigenvalue weighted by molar-refractivity contribution is -0.158. The third kappa shape index (κ3) is 1.79. The largest absolute Gasteiger partial charge is 0.493 e. The number of allylic oxidation sites excluding steroid dienone is 2. The van der Waals surface area contributed by atoms with E-state index in [0.29, 0.717) is 11.3 Å². The van der Waals surface area contributed by atoms with Gasteiger partial charge in [-0.15, -0.1) is 0 Å². The van der Waals surface area contributed by atoms with Crippen LogP contribution in [0, 0.1) is 5.41 Å². The smallest absolute Gasteiger partial charge is 0.231 e. The first kappa shape index (κ1) is 19.9. The fraction of sp³-hybridized carbons (Fsp3) is 0.455. The fourth-order valence-electron chi connectivity index (χ4n) is 5.79. The molecule has 0 saturated heterocycles. The third-order valence-electron chi connectivity index (χ3n) is 7.42. The number of hydrogen-bond donors (Lipinski definition) is 2. The zero-order valence-electron chi connectivity index (χ0n) is 17.7. The minimum absolute atomic E-state index is 0.00221. The average Bonchev–Trinajstić information content (AvgIpc) is 3.33. The lowest BCUT2D eigenvalue weighted by Gasteiger charge is -2.44. The van der Waals surface area contributed by atoms with Crippen molar-refractivity contribution in [2.75, 3.05) is 28.1 Å². The Morgan fingerprint density at radius 1 is 1.06 bits per heavy atom. The molecule has 0 aromatic heterocycles. The van der Waals surface area contributed by atoms with E-state index in [-0.39, 0.29) is 40.9 Å². The highest BCUT2D eigenvalue weighted by Crippen LogP contribution is 2.74. The first-order valence-corrected chi connectivity index (χ1v) is 9.69. The highest BCUT2D eigenvalue weighted by Gasteiger charge is 2.81. The van der Waals surface area contributed by atoms with Crippen LogP contribution in [0.3, 0.4) is 0 Å². The van der Waals surface area contributed by atoms with Gasteiger partial charge >= 0.3 is 0 Å². The van der Waals surface area contributed by atoms with Gasteiger partial charge in [-0.2, -0.15) is 0 Å². The van der Waals surface area contributed by atoms with Crippen molar-refractivity contribution < 1.29 is 43.5 Å². The van der Waals surface area contributed by atoms with Crippen molar-refractivity contribution in [1.82, 2.24) is 0 Å². The molecule has 1 aromatic rings. The maximum absolute atomic E-state index is 14.1. The fourth-order valence-corrected chi connectivity index (χ4v) is 5.79. The van der Waals surface area contributed by atoms with Gasteiger partial charge in [0, 0.05) is 11.1 Å². The molecule has 1 saturated carbocycles. The van der Waals surface area contributed by atoms with E-state index in [1.807, 2.05) is 0 Å². The first-order chi connectivity index (χ1) is 14.6. The van der Waals surface area contributed by atoms with Crippen LogP contribution in [-0.4, -0.2) is 55.5 Å². The normalized spacial score (nSPS) is 34.9. The van der Waals surface area contributed by atoms with E-state index >= 15 is 0 Å². The van der Waals surface area contributed by atoms with Gasteiger partial charge in [-0.1, -0.05) is 6.92 Å². The highest BCUT2D eigenvalue weighted by atomic mass is 16.7. The van der Waals surface area contributed by atoms with Crippen LogP contribution in [0.25, 0.3) is 0 Å². The van der Waals surface area contributed by atoms with E-state index in [4.69, 9.17) is 23.7 Å². The molecule has 164 valence electrons. The predicted molar refractivity (Wildman–Crippen MR) is 104 cm³/mol. The van der Waals surface area contributed by atoms with Crippen molar-refractivity contribution in [3.63, 3.8) is 0 Å². The number of methoxy groups -OCH3 is 3. The van der Waals surface area contributed by atoms with Gasteiger partial charge < -0.3 is 33.9 Å². The Morgan fingerprint density at radius 2 is 1.77 bits per heavy atom. The summed E-state index contributed by atoms with van der Waals surface area (Å²) in [6.07, 6.45) is -0.00406. The van der Waals surface area contributed by atoms with Crippen LogP contribution < -0.4 is 14.2 Å². The van der Waals surface area contributed by atoms with Gasteiger partial charge in [0.25, 0.3) is 0 Å². The van der Waals surface area contributed by atoms with Crippen LogP contribution >= 0.6 is 0 Å². The molecule has 4 atom stereocenters. The SMILES string of the molecule is COC1=C(OC)C(=O)[C@@]23C(=C1)C(=O)[C@](C)(O)[C@]2(C)[C@@H](O)c1cc2c(c(OC)c13)OCO2. The minimum atomic E-state index is -2.09. The molecule has 5 rings (SSSR count). The molecule has 4 aliphatic rings. The van der Waals surface area contributed by atoms with E-state index in [1.165, 1.54) is 41.3 Å². The van der Waals surface area contributed by atoms with Crippen LogP contribution in [0.4, 0.5) is 0 Å². The van der Waals surface area contributed by atoms with E-state index in [1.54, 1.807) is 6.07 Å². The van der Waals surface area contributed by atoms with Gasteiger partial charge in [-0.05, 0) is 24.6 Å². The van der Waals surface area contributed by atoms with Crippen LogP contribution in [-0.2, 0) is 24.5 Å². The number of aliphatic hydroxyl groups is 2. The summed E-state index contributed by atoms with van der Waals surface area (Å²) in [6, 6.07) is 1.57. The van der Waals surface area contributed by atoms with Crippen molar-refractivity contribution in [3.8, 4) is 17.2 Å². The molecule has 1 aliphatic heterocycles. The van der Waals surface area contributed by atoms with Gasteiger partial charge in [-0.25, -0.2) is 0 Å². The Kier molecular flexibility index (Phi) is 3.72. The second kappa shape index (κ2) is 5.80. The number of rotatable bonds is 3. The molecule has 9 nitrogen and oxygen atoms in total. The van der Waals surface area contributed by atoms with Crippen molar-refractivity contribution in [3.05, 3.63) is 40.4 Å². The summed E-state index contributed by atoms with van der Waals surface area (Å²) in [5.74, 6) is -0.598. The van der Waals surface area contributed by atoms with Gasteiger partial charge in [0.15, 0.2) is 23.0 Å². The summed E-state index contributed by atoms with van der Waals surface area (Å²) < 4.78 is 27.4. The minimum Gasteiger partial charge on any atom is -0.493 e. The zero-order chi connectivity index (χ0) is 22.5. The maximum Gasteiger partial charge on any atom is 0.231 e. The summed E-state index contributed by atoms with van der Waals surface area (Å²) in [7, 11) is 4.07. The summed E-state index contributed by atoms with van der Waals surface area (Å²) >= 11 is 0. The Morgan fingerprint density at radius 3 is 2.39 bits per heavy atom. The summed E-state index contributed by atoms with van der Waals surface area (Å²) in [5, 5.41) is 23.0. The molecular weight excluding hydrogens is 408 g/mol. The number of ether oxygens (including phenoxy) is 5. The third-order valence-corrected chi connectivity index (χ3v) is 7.42. The molecule has 2 N–H and O–H groups in total. The van der Waals surface area contributed by atoms with Crippen LogP contribution in [0.1, 0.15) is 31.1 Å². The van der Waals surface area contributed by atoms with Gasteiger partial charge in [0.1, 0.15) is 11.0 Å². The standard InChI is InChI=1S/C22H22O9/c1-20-17(23)9-6-12-14(31-8-30-12)16(29-5)13(9)22(20)10(18(24)21(20,2)26)7-11(27-3)15(28-4)19(22)25/h6-7,17,23,26H,8H2,1-5H3/t17-,20-,21-,22-/m0/s1. The predicted octanol–water partition coefficient (Wildman–Crippen LogP) is 1.06. The topological polar surface area (TPSA) is 121 Å². The first-order valence-electron chi connectivity index (χ1n) is 9.69. The molecule has 0 radical (unpaired) electrons. The van der Waals surface area contributed by atoms with Crippen LogP contribution in [0.5, 0.6) is 17.2 Å². The Balaban J connectivity index is 1.98. The van der Waals surface area contributed by atoms with Gasteiger partial charge in [-0.3, -0.25) is 9.59 Å². The van der Waals surface area contributed by atoms with Crippen molar-refractivity contribution >= 4 is 11.6 Å². The number of benzene rings is 1. The number of fused-ring (bicyclic) bond motifs is 2. The number of Topliss-reactive ketones (excluding diaryl/α,β-unsaturated/α-hetero) is 2. The number of carbonyl (C=O) groups is 2. The molecule has 9 heteroatoms. The van der Waals surface area contributed by atoms with Crippen LogP contribution in [0.15, 0.2) is 29.2 Å². The molecular formula is C22H22O9. The lowest BCUT2D eigenvalue weighted by atomic mass is 9.57. The van der Waals surface area contributed by atoms with Gasteiger partial charge in [0.2, 0.25) is 24.1 Å². The summed E-state index contributed by atoms with van der Waals surface area (Å²) in [6.45, 7) is 2.77. The van der Waals surface area contributed by atoms with Crippen molar-refractivity contribution in [2.45, 2.75) is 31.0 Å². The second-order valence-electron chi connectivity index (χ2n) is 8.35.